The number of carboxylic acids is 1. The van der Waals surface area contributed by atoms with Crippen LogP contribution in [0, 0.1) is 50.2 Å². The fraction of sp³-hybridized carbons (Fsp3) is 0.857. The van der Waals surface area contributed by atoms with Gasteiger partial charge in [-0.05, 0) is 110 Å². The summed E-state index contributed by atoms with van der Waals surface area (Å²) in [7, 11) is 0. The lowest BCUT2D eigenvalue weighted by atomic mass is 9.33. The van der Waals surface area contributed by atoms with Gasteiger partial charge < -0.3 is 59.1 Å². The first-order valence-corrected chi connectivity index (χ1v) is 20.7. The molecule has 16 heteroatoms. The van der Waals surface area contributed by atoms with Crippen LogP contribution in [0.1, 0.15) is 106 Å². The zero-order valence-electron chi connectivity index (χ0n) is 34.4. The van der Waals surface area contributed by atoms with Crippen molar-refractivity contribution >= 4 is 24.7 Å². The second kappa shape index (κ2) is 14.8. The SMILES string of the molecule is CC1(C)[C@@H](O[C@@H]2OC(OC=O)[C@@H](O)[C@H](O)C2O[C@@H]2OC(OC=O)[C@@H](O)[C@H](O)C2O)CC[C@]2(C)[C@H]3C(=O)C=C4[C@@H]5C[C@@](C)(C(=O)O)CC[C@]5(C)CC[C@@]4(C)[C@]3(C)CC[C@@H]12. The van der Waals surface area contributed by atoms with E-state index in [4.69, 9.17) is 28.4 Å². The number of hydrogen-bond acceptors (Lipinski definition) is 15. The molecule has 4 unspecified atom stereocenters. The predicted molar refractivity (Wildman–Crippen MR) is 198 cm³/mol. The quantitative estimate of drug-likeness (QED) is 0.144. The number of ketones is 1. The molecular weight excluding hydrogens is 760 g/mol. The maximum atomic E-state index is 14.9. The Bertz CT molecular complexity index is 1670. The van der Waals surface area contributed by atoms with E-state index in [-0.39, 0.29) is 47.3 Å². The molecule has 0 radical (unpaired) electrons. The molecule has 16 nitrogen and oxygen atoms in total. The lowest BCUT2D eigenvalue weighted by Crippen LogP contribution is -2.68. The summed E-state index contributed by atoms with van der Waals surface area (Å²) in [5.41, 5.74) is -1.59. The van der Waals surface area contributed by atoms with Gasteiger partial charge in [0.2, 0.25) is 12.6 Å². The molecule has 19 atom stereocenters. The van der Waals surface area contributed by atoms with Gasteiger partial charge in [0.05, 0.1) is 11.5 Å². The molecule has 0 aromatic heterocycles. The zero-order valence-corrected chi connectivity index (χ0v) is 34.4. The first kappa shape index (κ1) is 43.5. The molecule has 0 aromatic carbocycles. The Labute approximate surface area is 338 Å². The summed E-state index contributed by atoms with van der Waals surface area (Å²) in [4.78, 5) is 49.8. The van der Waals surface area contributed by atoms with Gasteiger partial charge in [0.15, 0.2) is 18.4 Å². The molecule has 326 valence electrons. The molecule has 2 heterocycles. The maximum absolute atomic E-state index is 14.9. The van der Waals surface area contributed by atoms with E-state index >= 15 is 0 Å². The third-order valence-corrected chi connectivity index (χ3v) is 17.0. The molecular formula is C42H62O16. The second-order valence-electron chi connectivity index (χ2n) is 20.3. The highest BCUT2D eigenvalue weighted by Gasteiger charge is 2.71. The molecule has 6 N–H and O–H groups in total. The molecule has 6 fully saturated rings. The number of rotatable bonds is 9. The molecule has 58 heavy (non-hydrogen) atoms. The Hall–Kier alpha value is -2.54. The largest absolute Gasteiger partial charge is 0.481 e. The van der Waals surface area contributed by atoms with Gasteiger partial charge in [-0.15, -0.1) is 0 Å². The standard InChI is InChI=1S/C42H62O16/c1-37(2)23-8-11-42(7)31(22(45)16-20-21-17-39(4,36(51)52)13-12-38(21,3)14-15-41(20,42)6)40(23,5)10-9-24(37)55-35-30(26(47)29(50)33(58-35)54-19-44)56-34-28(49)25(46)27(48)32(57-34)53-18-43/h16,18-19,21,23-35,46-50H,8-15,17H2,1-7H3,(H,51,52)/t21-,23-,24-,25-,26-,27-,28?,29-,30?,31+,32?,33?,34+,35+,38+,39-,40-,41+,42+/m0/s1. The fourth-order valence-corrected chi connectivity index (χ4v) is 13.2. The van der Waals surface area contributed by atoms with E-state index in [2.05, 4.69) is 41.5 Å². The summed E-state index contributed by atoms with van der Waals surface area (Å²) in [6, 6.07) is 0. The summed E-state index contributed by atoms with van der Waals surface area (Å²) in [6.45, 7) is 15.1. The summed E-state index contributed by atoms with van der Waals surface area (Å²) in [6.07, 6.45) is -10.0. The van der Waals surface area contributed by atoms with Gasteiger partial charge in [0.1, 0.15) is 36.6 Å². The van der Waals surface area contributed by atoms with Gasteiger partial charge in [0.25, 0.3) is 12.9 Å². The number of carbonyl (C=O) groups is 4. The van der Waals surface area contributed by atoms with Gasteiger partial charge in [-0.3, -0.25) is 19.2 Å². The first-order valence-electron chi connectivity index (χ1n) is 20.7. The van der Waals surface area contributed by atoms with Crippen LogP contribution < -0.4 is 0 Å². The molecule has 2 aliphatic heterocycles. The van der Waals surface area contributed by atoms with E-state index in [1.54, 1.807) is 0 Å². The molecule has 0 amide bonds. The van der Waals surface area contributed by atoms with Crippen LogP contribution in [0.4, 0.5) is 0 Å². The third-order valence-electron chi connectivity index (χ3n) is 17.0. The summed E-state index contributed by atoms with van der Waals surface area (Å²) < 4.78 is 33.5. The van der Waals surface area contributed by atoms with Crippen LogP contribution in [0.2, 0.25) is 0 Å². The fourth-order valence-electron chi connectivity index (χ4n) is 13.2. The number of allylic oxidation sites excluding steroid dienone is 2. The van der Waals surface area contributed by atoms with E-state index < -0.39 is 95.5 Å². The number of aliphatic carboxylic acids is 1. The van der Waals surface area contributed by atoms with Crippen LogP contribution in [0.3, 0.4) is 0 Å². The Morgan fingerprint density at radius 1 is 0.724 bits per heavy atom. The minimum atomic E-state index is -1.90. The minimum absolute atomic E-state index is 0.00244. The monoisotopic (exact) mass is 822 g/mol. The number of hydrogen-bond donors (Lipinski definition) is 6. The van der Waals surface area contributed by atoms with Crippen LogP contribution in [0.15, 0.2) is 11.6 Å². The number of carbonyl (C=O) groups excluding carboxylic acids is 3. The molecule has 5 aliphatic carbocycles. The molecule has 2 saturated heterocycles. The summed E-state index contributed by atoms with van der Waals surface area (Å²) in [5, 5.41) is 63.9. The number of fused-ring (bicyclic) bond motifs is 7. The summed E-state index contributed by atoms with van der Waals surface area (Å²) in [5.74, 6) is -1.05. The predicted octanol–water partition coefficient (Wildman–Crippen LogP) is 2.34. The lowest BCUT2D eigenvalue weighted by molar-refractivity contribution is -0.404. The number of aliphatic hydroxyl groups excluding tert-OH is 5. The average Bonchev–Trinajstić information content (AvgIpc) is 3.15. The van der Waals surface area contributed by atoms with E-state index in [1.165, 1.54) is 0 Å². The first-order chi connectivity index (χ1) is 27.0. The maximum Gasteiger partial charge on any atom is 0.309 e. The molecule has 0 spiro atoms. The number of carboxylic acid groups (broad SMARTS) is 1. The number of ether oxygens (including phenoxy) is 6. The third kappa shape index (κ3) is 6.41. The van der Waals surface area contributed by atoms with Crippen molar-refractivity contribution in [1.82, 2.24) is 0 Å². The number of aliphatic hydroxyl groups is 5. The smallest absolute Gasteiger partial charge is 0.309 e. The normalized spacial score (nSPS) is 52.4. The van der Waals surface area contributed by atoms with Crippen molar-refractivity contribution in [1.29, 1.82) is 0 Å². The van der Waals surface area contributed by atoms with Crippen molar-refractivity contribution in [3.8, 4) is 0 Å². The van der Waals surface area contributed by atoms with Crippen LogP contribution in [-0.2, 0) is 47.6 Å². The van der Waals surface area contributed by atoms with E-state index in [1.807, 2.05) is 13.0 Å². The van der Waals surface area contributed by atoms with Crippen LogP contribution in [0.25, 0.3) is 0 Å². The van der Waals surface area contributed by atoms with Crippen molar-refractivity contribution < 1.29 is 78.2 Å². The Kier molecular flexibility index (Phi) is 11.1. The molecule has 7 aliphatic rings. The van der Waals surface area contributed by atoms with Crippen LogP contribution in [0.5, 0.6) is 0 Å². The van der Waals surface area contributed by atoms with Crippen molar-refractivity contribution in [3.63, 3.8) is 0 Å². The zero-order chi connectivity index (χ0) is 42.5. The molecule has 7 rings (SSSR count). The highest BCUT2D eigenvalue weighted by Crippen LogP contribution is 2.75. The van der Waals surface area contributed by atoms with Gasteiger partial charge >= 0.3 is 5.97 Å². The average molecular weight is 823 g/mol. The van der Waals surface area contributed by atoms with E-state index in [9.17, 15) is 49.8 Å². The highest BCUT2D eigenvalue weighted by atomic mass is 16.8. The van der Waals surface area contributed by atoms with Crippen molar-refractivity contribution in [2.45, 2.75) is 174 Å². The van der Waals surface area contributed by atoms with Crippen LogP contribution >= 0.6 is 0 Å². The molecule has 0 bridgehead atoms. The Balaban J connectivity index is 1.17. The van der Waals surface area contributed by atoms with Gasteiger partial charge in [-0.2, -0.15) is 0 Å². The topological polar surface area (TPSA) is 245 Å². The molecule has 0 aromatic rings. The van der Waals surface area contributed by atoms with Crippen LogP contribution in [-0.4, -0.2) is 123 Å². The van der Waals surface area contributed by atoms with Gasteiger partial charge in [-0.25, -0.2) is 0 Å². The minimum Gasteiger partial charge on any atom is -0.481 e. The summed E-state index contributed by atoms with van der Waals surface area (Å²) >= 11 is 0. The van der Waals surface area contributed by atoms with Crippen molar-refractivity contribution in [2.75, 3.05) is 0 Å². The van der Waals surface area contributed by atoms with Gasteiger partial charge in [0, 0.05) is 5.92 Å². The Morgan fingerprint density at radius 2 is 1.31 bits per heavy atom. The van der Waals surface area contributed by atoms with E-state index in [0.29, 0.717) is 25.7 Å². The lowest BCUT2D eigenvalue weighted by Gasteiger charge is -2.70. The van der Waals surface area contributed by atoms with Crippen molar-refractivity contribution in [2.24, 2.45) is 50.2 Å². The van der Waals surface area contributed by atoms with Gasteiger partial charge in [-0.1, -0.05) is 47.1 Å². The second-order valence-corrected chi connectivity index (χ2v) is 20.3. The van der Waals surface area contributed by atoms with Crippen molar-refractivity contribution in [3.05, 3.63) is 11.6 Å². The molecule has 4 saturated carbocycles. The highest BCUT2D eigenvalue weighted by molar-refractivity contribution is 5.95. The van der Waals surface area contributed by atoms with E-state index in [0.717, 1.165) is 37.7 Å². The Morgan fingerprint density at radius 3 is 1.93 bits per heavy atom.